The molecule has 0 saturated heterocycles. The summed E-state index contributed by atoms with van der Waals surface area (Å²) in [5, 5.41) is 0. The van der Waals surface area contributed by atoms with Gasteiger partial charge in [0.05, 0.1) is 50.9 Å². The Morgan fingerprint density at radius 1 is 0.787 bits per heavy atom. The summed E-state index contributed by atoms with van der Waals surface area (Å²) in [6, 6.07) is 22.5. The first kappa shape index (κ1) is 34.9. The van der Waals surface area contributed by atoms with Crippen LogP contribution in [-0.2, 0) is 29.4 Å². The molecule has 0 saturated carbocycles. The number of esters is 1. The third kappa shape index (κ3) is 9.52. The Kier molecular flexibility index (Phi) is 11.5. The highest BCUT2D eigenvalue weighted by molar-refractivity contribution is 7.92. The van der Waals surface area contributed by atoms with Gasteiger partial charge in [0.1, 0.15) is 11.5 Å². The number of rotatable bonds is 15. The van der Waals surface area contributed by atoms with Gasteiger partial charge in [-0.3, -0.25) is 4.72 Å². The number of sulfonamides is 1. The monoisotopic (exact) mass is 678 g/mol. The van der Waals surface area contributed by atoms with E-state index in [1.165, 1.54) is 60.7 Å². The van der Waals surface area contributed by atoms with Crippen molar-refractivity contribution in [2.45, 2.75) is 54.4 Å². The zero-order valence-corrected chi connectivity index (χ0v) is 27.6. The molecule has 4 aromatic carbocycles. The standard InChI is InChI=1S/C34H34N2O9S2/c1-24(2)45-28-11-17-30(18-12-28)46(39,40)29-15-9-27(10-16-29)43-20-4-5-21-44-34(38)32-19-8-26(22-33(32)35-23-37)36-47(41,42)31-13-6-25(3)7-14-31/h6-19,22,24,36H,4-5,20-21H2,1-3H3. The number of carbonyl (C=O) groups excluding carboxylic acids is 2. The van der Waals surface area contributed by atoms with E-state index in [2.05, 4.69) is 9.71 Å². The van der Waals surface area contributed by atoms with Gasteiger partial charge >= 0.3 is 5.97 Å². The van der Waals surface area contributed by atoms with Crippen molar-refractivity contribution in [1.29, 1.82) is 0 Å². The van der Waals surface area contributed by atoms with E-state index in [1.54, 1.807) is 36.4 Å². The summed E-state index contributed by atoms with van der Waals surface area (Å²) in [5.74, 6) is 0.327. The molecule has 0 heterocycles. The zero-order chi connectivity index (χ0) is 34.0. The molecular formula is C34H34N2O9S2. The van der Waals surface area contributed by atoms with Crippen molar-refractivity contribution in [3.8, 4) is 11.5 Å². The molecule has 0 fully saturated rings. The number of ether oxygens (including phenoxy) is 3. The average Bonchev–Trinajstić information content (AvgIpc) is 3.03. The topological polar surface area (TPSA) is 154 Å². The first-order valence-corrected chi connectivity index (χ1v) is 17.6. The highest BCUT2D eigenvalue weighted by Gasteiger charge is 2.19. The Balaban J connectivity index is 1.25. The number of nitrogens with one attached hydrogen (secondary N) is 1. The van der Waals surface area contributed by atoms with Crippen LogP contribution >= 0.6 is 0 Å². The molecule has 47 heavy (non-hydrogen) atoms. The number of anilines is 1. The lowest BCUT2D eigenvalue weighted by Gasteiger charge is -2.11. The van der Waals surface area contributed by atoms with Crippen LogP contribution in [0.15, 0.2) is 111 Å². The maximum absolute atomic E-state index is 13.0. The second-order valence-corrected chi connectivity index (χ2v) is 14.3. The summed E-state index contributed by atoms with van der Waals surface area (Å²) in [6.07, 6.45) is 2.33. The lowest BCUT2D eigenvalue weighted by molar-refractivity contribution is 0.0495. The Morgan fingerprint density at radius 3 is 1.96 bits per heavy atom. The second kappa shape index (κ2) is 15.5. The van der Waals surface area contributed by atoms with E-state index in [1.807, 2.05) is 20.8 Å². The molecule has 0 aliphatic rings. The van der Waals surface area contributed by atoms with Crippen LogP contribution < -0.4 is 14.2 Å². The van der Waals surface area contributed by atoms with Crippen LogP contribution in [0, 0.1) is 6.92 Å². The Morgan fingerprint density at radius 2 is 1.36 bits per heavy atom. The fourth-order valence-electron chi connectivity index (χ4n) is 4.30. The van der Waals surface area contributed by atoms with E-state index in [4.69, 9.17) is 14.2 Å². The highest BCUT2D eigenvalue weighted by atomic mass is 32.2. The van der Waals surface area contributed by atoms with Crippen molar-refractivity contribution in [1.82, 2.24) is 0 Å². The van der Waals surface area contributed by atoms with Gasteiger partial charge in [0.15, 0.2) is 0 Å². The number of nitrogens with zero attached hydrogens (tertiary/aromatic N) is 1. The SMILES string of the molecule is Cc1ccc(S(=O)(=O)Nc2ccc(C(=O)OCCCCOc3ccc(S(=O)(=O)c4ccc(OC(C)C)cc4)cc3)c(N=C=O)c2)cc1. The molecular weight excluding hydrogens is 645 g/mol. The molecule has 13 heteroatoms. The summed E-state index contributed by atoms with van der Waals surface area (Å²) >= 11 is 0. The maximum atomic E-state index is 13.0. The van der Waals surface area contributed by atoms with Crippen LogP contribution in [0.2, 0.25) is 0 Å². The molecule has 1 N–H and O–H groups in total. The number of carbonyl (C=O) groups is 1. The van der Waals surface area contributed by atoms with Gasteiger partial charge in [-0.05, 0) is 112 Å². The normalized spacial score (nSPS) is 11.4. The van der Waals surface area contributed by atoms with Crippen molar-refractivity contribution in [3.63, 3.8) is 0 Å². The molecule has 0 bridgehead atoms. The number of hydrogen-bond donors (Lipinski definition) is 1. The summed E-state index contributed by atoms with van der Waals surface area (Å²) in [5.41, 5.74) is 0.876. The number of unbranched alkanes of at least 4 members (excludes halogenated alkanes) is 1. The number of hydrogen-bond acceptors (Lipinski definition) is 10. The van der Waals surface area contributed by atoms with Crippen LogP contribution in [0.25, 0.3) is 0 Å². The molecule has 0 radical (unpaired) electrons. The first-order valence-electron chi connectivity index (χ1n) is 14.6. The van der Waals surface area contributed by atoms with E-state index < -0.39 is 25.8 Å². The van der Waals surface area contributed by atoms with Gasteiger partial charge in [-0.25, -0.2) is 26.4 Å². The minimum Gasteiger partial charge on any atom is -0.494 e. The second-order valence-electron chi connectivity index (χ2n) is 10.7. The number of aryl methyl sites for hydroxylation is 1. The average molecular weight is 679 g/mol. The van der Waals surface area contributed by atoms with Crippen LogP contribution in [0.5, 0.6) is 11.5 Å². The summed E-state index contributed by atoms with van der Waals surface area (Å²) in [6.45, 7) is 5.95. The maximum Gasteiger partial charge on any atom is 0.340 e. The fourth-order valence-corrected chi connectivity index (χ4v) is 6.61. The fraction of sp³-hybridized carbons (Fsp3) is 0.235. The van der Waals surface area contributed by atoms with E-state index in [0.717, 1.165) is 5.56 Å². The van der Waals surface area contributed by atoms with Crippen molar-refractivity contribution in [2.24, 2.45) is 4.99 Å². The van der Waals surface area contributed by atoms with Gasteiger partial charge in [-0.15, -0.1) is 0 Å². The van der Waals surface area contributed by atoms with E-state index in [0.29, 0.717) is 24.3 Å². The third-order valence-electron chi connectivity index (χ3n) is 6.65. The van der Waals surface area contributed by atoms with Gasteiger partial charge in [-0.1, -0.05) is 17.7 Å². The van der Waals surface area contributed by atoms with Crippen LogP contribution in [0.1, 0.15) is 42.6 Å². The molecule has 0 unspecified atom stereocenters. The zero-order valence-electron chi connectivity index (χ0n) is 26.0. The molecule has 4 rings (SSSR count). The lowest BCUT2D eigenvalue weighted by Crippen LogP contribution is -2.13. The predicted molar refractivity (Wildman–Crippen MR) is 175 cm³/mol. The predicted octanol–water partition coefficient (Wildman–Crippen LogP) is 6.40. The van der Waals surface area contributed by atoms with Crippen molar-refractivity contribution < 1.29 is 40.6 Å². The van der Waals surface area contributed by atoms with E-state index >= 15 is 0 Å². The van der Waals surface area contributed by atoms with Gasteiger partial charge in [-0.2, -0.15) is 4.99 Å². The van der Waals surface area contributed by atoms with Crippen molar-refractivity contribution in [3.05, 3.63) is 102 Å². The number of isocyanates is 1. The van der Waals surface area contributed by atoms with Crippen molar-refractivity contribution in [2.75, 3.05) is 17.9 Å². The lowest BCUT2D eigenvalue weighted by atomic mass is 10.1. The molecule has 0 aliphatic heterocycles. The minimum atomic E-state index is -3.91. The summed E-state index contributed by atoms with van der Waals surface area (Å²) in [4.78, 5) is 27.5. The number of sulfone groups is 1. The molecule has 11 nitrogen and oxygen atoms in total. The van der Waals surface area contributed by atoms with Gasteiger partial charge < -0.3 is 14.2 Å². The highest BCUT2D eigenvalue weighted by Crippen LogP contribution is 2.27. The molecule has 246 valence electrons. The van der Waals surface area contributed by atoms with E-state index in [9.17, 15) is 26.4 Å². The minimum absolute atomic E-state index is 0.0227. The van der Waals surface area contributed by atoms with Crippen LogP contribution in [0.3, 0.4) is 0 Å². The Hall–Kier alpha value is -4.97. The summed E-state index contributed by atoms with van der Waals surface area (Å²) < 4.78 is 70.4. The molecule has 0 amide bonds. The Bertz CT molecular complexity index is 1950. The summed E-state index contributed by atoms with van der Waals surface area (Å²) in [7, 11) is -7.62. The van der Waals surface area contributed by atoms with Gasteiger partial charge in [0.2, 0.25) is 15.9 Å². The number of benzene rings is 4. The largest absolute Gasteiger partial charge is 0.494 e. The number of aliphatic imine (C=N–C) groups is 1. The molecule has 4 aromatic rings. The van der Waals surface area contributed by atoms with Gasteiger partial charge in [0, 0.05) is 0 Å². The first-order chi connectivity index (χ1) is 22.4. The molecule has 0 spiro atoms. The van der Waals surface area contributed by atoms with Crippen molar-refractivity contribution >= 4 is 43.3 Å². The smallest absolute Gasteiger partial charge is 0.340 e. The molecule has 0 aromatic heterocycles. The van der Waals surface area contributed by atoms with Crippen LogP contribution in [0.4, 0.5) is 11.4 Å². The van der Waals surface area contributed by atoms with Crippen LogP contribution in [-0.4, -0.2) is 48.2 Å². The van der Waals surface area contributed by atoms with Gasteiger partial charge in [0.25, 0.3) is 10.0 Å². The quantitative estimate of drug-likeness (QED) is 0.0651. The molecule has 0 aliphatic carbocycles. The Labute approximate surface area is 274 Å². The molecule has 0 atom stereocenters. The third-order valence-corrected chi connectivity index (χ3v) is 9.83. The van der Waals surface area contributed by atoms with E-state index in [-0.39, 0.29) is 50.9 Å².